The smallest absolute Gasteiger partial charge is 0.182 e. The Balaban J connectivity index is 2.93. The minimum Gasteiger partial charge on any atom is -0.623 e. The molecule has 0 aliphatic heterocycles. The average molecular weight is 256 g/mol. The Labute approximate surface area is 93.0 Å². The van der Waals surface area contributed by atoms with Crippen LogP contribution in [-0.4, -0.2) is 16.5 Å². The van der Waals surface area contributed by atoms with Crippen molar-refractivity contribution < 1.29 is 4.74 Å². The Kier molecular flexibility index (Phi) is 3.32. The molecule has 14 heavy (non-hydrogen) atoms. The van der Waals surface area contributed by atoms with Gasteiger partial charge in [-0.3, -0.25) is 0 Å². The van der Waals surface area contributed by atoms with Crippen molar-refractivity contribution in [3.63, 3.8) is 0 Å². The van der Waals surface area contributed by atoms with Crippen LogP contribution in [0.4, 0.5) is 0 Å². The van der Waals surface area contributed by atoms with E-state index in [0.717, 1.165) is 14.8 Å². The average Bonchev–Trinajstić information content (AvgIpc) is 2.07. The van der Waals surface area contributed by atoms with E-state index in [9.17, 15) is 5.21 Å². The van der Waals surface area contributed by atoms with E-state index in [0.29, 0.717) is 0 Å². The van der Waals surface area contributed by atoms with E-state index in [1.54, 1.807) is 6.21 Å². The number of hydrogen-bond acceptors (Lipinski definition) is 1. The summed E-state index contributed by atoms with van der Waals surface area (Å²) in [5.74, 6) is 0. The Hall–Kier alpha value is -0.830. The van der Waals surface area contributed by atoms with Crippen LogP contribution < -0.4 is 0 Å². The standard InChI is InChI=1S/C11H14BrNO/c1-11(2,3)13(14)8-9-4-6-10(12)7-5-9/h4-8H,1-3H3/b13-8-. The zero-order valence-electron chi connectivity index (χ0n) is 8.62. The molecule has 1 aromatic rings. The maximum absolute atomic E-state index is 11.6. The van der Waals surface area contributed by atoms with Crippen molar-refractivity contribution in [1.82, 2.24) is 0 Å². The van der Waals surface area contributed by atoms with Crippen LogP contribution in [0.5, 0.6) is 0 Å². The van der Waals surface area contributed by atoms with E-state index in [1.165, 1.54) is 0 Å². The number of hydroxylamine groups is 1. The van der Waals surface area contributed by atoms with Crippen molar-refractivity contribution in [3.8, 4) is 0 Å². The first-order valence-corrected chi connectivity index (χ1v) is 5.26. The maximum atomic E-state index is 11.6. The summed E-state index contributed by atoms with van der Waals surface area (Å²) < 4.78 is 1.99. The molecular weight excluding hydrogens is 242 g/mol. The molecule has 0 N–H and O–H groups in total. The second-order valence-corrected chi connectivity index (χ2v) is 5.09. The van der Waals surface area contributed by atoms with Gasteiger partial charge in [-0.15, -0.1) is 0 Å². The van der Waals surface area contributed by atoms with Gasteiger partial charge in [0.25, 0.3) is 0 Å². The highest BCUT2D eigenvalue weighted by atomic mass is 79.9. The van der Waals surface area contributed by atoms with Crippen LogP contribution in [0.2, 0.25) is 0 Å². The third-order valence-electron chi connectivity index (χ3n) is 1.80. The van der Waals surface area contributed by atoms with Gasteiger partial charge in [-0.25, -0.2) is 4.74 Å². The predicted molar refractivity (Wildman–Crippen MR) is 62.7 cm³/mol. The van der Waals surface area contributed by atoms with Crippen molar-refractivity contribution in [2.24, 2.45) is 0 Å². The number of rotatable bonds is 1. The van der Waals surface area contributed by atoms with Crippen LogP contribution in [0.1, 0.15) is 26.3 Å². The van der Waals surface area contributed by atoms with Crippen molar-refractivity contribution in [2.45, 2.75) is 26.3 Å². The molecule has 0 aliphatic rings. The normalized spacial score (nSPS) is 13.0. The number of nitrogens with zero attached hydrogens (tertiary/aromatic N) is 1. The number of benzene rings is 1. The van der Waals surface area contributed by atoms with Crippen LogP contribution >= 0.6 is 15.9 Å². The Morgan fingerprint density at radius 1 is 1.21 bits per heavy atom. The topological polar surface area (TPSA) is 26.1 Å². The highest BCUT2D eigenvalue weighted by molar-refractivity contribution is 9.10. The molecule has 1 rings (SSSR count). The lowest BCUT2D eigenvalue weighted by molar-refractivity contribution is -0.530. The fraction of sp³-hybridized carbons (Fsp3) is 0.364. The zero-order valence-corrected chi connectivity index (χ0v) is 10.2. The van der Waals surface area contributed by atoms with Gasteiger partial charge in [0.2, 0.25) is 0 Å². The first kappa shape index (κ1) is 11.2. The Morgan fingerprint density at radius 2 is 1.71 bits per heavy atom. The summed E-state index contributed by atoms with van der Waals surface area (Å²) in [6, 6.07) is 7.64. The molecule has 0 atom stereocenters. The minimum absolute atomic E-state index is 0.382. The molecular formula is C11H14BrNO. The summed E-state index contributed by atoms with van der Waals surface area (Å²) in [4.78, 5) is 0. The minimum atomic E-state index is -0.382. The third kappa shape index (κ3) is 3.14. The summed E-state index contributed by atoms with van der Waals surface area (Å²) in [5.41, 5.74) is 0.533. The molecule has 2 nitrogen and oxygen atoms in total. The Bertz CT molecular complexity index is 335. The second-order valence-electron chi connectivity index (χ2n) is 4.18. The SMILES string of the molecule is CC(C)(C)/[N+]([O-])=C/c1ccc(Br)cc1. The largest absolute Gasteiger partial charge is 0.623 e. The quantitative estimate of drug-likeness (QED) is 0.328. The maximum Gasteiger partial charge on any atom is 0.182 e. The van der Waals surface area contributed by atoms with Gasteiger partial charge >= 0.3 is 0 Å². The summed E-state index contributed by atoms with van der Waals surface area (Å²) in [7, 11) is 0. The van der Waals surface area contributed by atoms with Gasteiger partial charge in [0.1, 0.15) is 0 Å². The van der Waals surface area contributed by atoms with Crippen LogP contribution in [-0.2, 0) is 0 Å². The molecule has 0 heterocycles. The summed E-state index contributed by atoms with van der Waals surface area (Å²) in [6.45, 7) is 5.65. The lowest BCUT2D eigenvalue weighted by Gasteiger charge is -2.18. The molecule has 0 aromatic heterocycles. The third-order valence-corrected chi connectivity index (χ3v) is 2.33. The second kappa shape index (κ2) is 4.13. The van der Waals surface area contributed by atoms with Crippen molar-refractivity contribution in [2.75, 3.05) is 0 Å². The van der Waals surface area contributed by atoms with Gasteiger partial charge in [-0.2, -0.15) is 0 Å². The van der Waals surface area contributed by atoms with Crippen LogP contribution in [0.25, 0.3) is 0 Å². The first-order chi connectivity index (χ1) is 6.39. The van der Waals surface area contributed by atoms with E-state index < -0.39 is 0 Å². The van der Waals surface area contributed by atoms with Gasteiger partial charge < -0.3 is 5.21 Å². The number of hydrogen-bond donors (Lipinski definition) is 0. The van der Waals surface area contributed by atoms with Gasteiger partial charge in [0.15, 0.2) is 11.8 Å². The predicted octanol–water partition coefficient (Wildman–Crippen LogP) is 3.18. The molecule has 0 unspecified atom stereocenters. The molecule has 76 valence electrons. The van der Waals surface area contributed by atoms with Gasteiger partial charge in [0.05, 0.1) is 0 Å². The molecule has 0 bridgehead atoms. The van der Waals surface area contributed by atoms with Crippen LogP contribution in [0.3, 0.4) is 0 Å². The van der Waals surface area contributed by atoms with Gasteiger partial charge in [0, 0.05) is 30.8 Å². The van der Waals surface area contributed by atoms with E-state index in [1.807, 2.05) is 45.0 Å². The van der Waals surface area contributed by atoms with Crippen LogP contribution in [0.15, 0.2) is 28.7 Å². The van der Waals surface area contributed by atoms with Crippen molar-refractivity contribution in [3.05, 3.63) is 39.5 Å². The fourth-order valence-electron chi connectivity index (χ4n) is 0.878. The summed E-state index contributed by atoms with van der Waals surface area (Å²) in [5, 5.41) is 11.6. The van der Waals surface area contributed by atoms with E-state index >= 15 is 0 Å². The monoisotopic (exact) mass is 255 g/mol. The lowest BCUT2D eigenvalue weighted by Crippen LogP contribution is -2.29. The molecule has 0 aliphatic carbocycles. The van der Waals surface area contributed by atoms with Gasteiger partial charge in [-0.1, -0.05) is 15.9 Å². The molecule has 0 amide bonds. The van der Waals surface area contributed by atoms with E-state index in [-0.39, 0.29) is 5.54 Å². The molecule has 0 fully saturated rings. The first-order valence-electron chi connectivity index (χ1n) is 4.46. The van der Waals surface area contributed by atoms with Crippen molar-refractivity contribution in [1.29, 1.82) is 0 Å². The van der Waals surface area contributed by atoms with Gasteiger partial charge in [-0.05, 0) is 24.3 Å². The van der Waals surface area contributed by atoms with E-state index in [4.69, 9.17) is 0 Å². The summed E-state index contributed by atoms with van der Waals surface area (Å²) in [6.07, 6.45) is 1.60. The highest BCUT2D eigenvalue weighted by Gasteiger charge is 2.17. The number of halogens is 1. The molecule has 1 aromatic carbocycles. The molecule has 3 heteroatoms. The Morgan fingerprint density at radius 3 is 2.14 bits per heavy atom. The molecule has 0 saturated heterocycles. The molecule has 0 saturated carbocycles. The van der Waals surface area contributed by atoms with Crippen molar-refractivity contribution >= 4 is 22.1 Å². The van der Waals surface area contributed by atoms with E-state index in [2.05, 4.69) is 15.9 Å². The summed E-state index contributed by atoms with van der Waals surface area (Å²) >= 11 is 3.35. The fourth-order valence-corrected chi connectivity index (χ4v) is 1.14. The lowest BCUT2D eigenvalue weighted by atomic mass is 10.1. The molecule has 0 radical (unpaired) electrons. The van der Waals surface area contributed by atoms with Crippen LogP contribution in [0, 0.1) is 5.21 Å². The highest BCUT2D eigenvalue weighted by Crippen LogP contribution is 2.10. The molecule has 0 spiro atoms. The zero-order chi connectivity index (χ0) is 10.8.